The summed E-state index contributed by atoms with van der Waals surface area (Å²) >= 11 is 5.83. The van der Waals surface area contributed by atoms with Gasteiger partial charge in [-0.1, -0.05) is 17.5 Å². The smallest absolute Gasteiger partial charge is 0.150 e. The van der Waals surface area contributed by atoms with Gasteiger partial charge in [-0.25, -0.2) is 9.97 Å². The number of nitrogen functional groups attached to an aromatic ring is 1. The summed E-state index contributed by atoms with van der Waals surface area (Å²) in [6.07, 6.45) is 2.85. The zero-order valence-electron chi connectivity index (χ0n) is 8.05. The normalized spacial score (nSPS) is 9.31. The molecule has 0 aliphatic carbocycles. The molecule has 0 radical (unpaired) electrons. The van der Waals surface area contributed by atoms with Crippen molar-refractivity contribution in [1.29, 1.82) is 0 Å². The molecule has 2 heterocycles. The molecule has 0 fully saturated rings. The fraction of sp³-hybridized carbons (Fsp3) is 0. The van der Waals surface area contributed by atoms with E-state index in [-0.39, 0.29) is 11.0 Å². The molecule has 6 heteroatoms. The molecule has 2 aromatic heterocycles. The molecule has 2 N–H and O–H groups in total. The Labute approximate surface area is 96.7 Å². The maximum absolute atomic E-state index is 5.83. The average molecular weight is 232 g/mol. The number of aromatic nitrogens is 4. The SMILES string of the molecule is Nc1ncnc(Cl)c1C#Cc1cccnn1. The van der Waals surface area contributed by atoms with E-state index in [1.807, 2.05) is 0 Å². The lowest BCUT2D eigenvalue weighted by Gasteiger charge is -1.96. The second kappa shape index (κ2) is 4.55. The van der Waals surface area contributed by atoms with Gasteiger partial charge >= 0.3 is 0 Å². The number of hydrogen-bond acceptors (Lipinski definition) is 5. The molecule has 0 saturated heterocycles. The van der Waals surface area contributed by atoms with Crippen molar-refractivity contribution in [3.8, 4) is 11.8 Å². The average Bonchev–Trinajstić information content (AvgIpc) is 2.30. The Morgan fingerprint density at radius 3 is 2.81 bits per heavy atom. The molecule has 0 aromatic carbocycles. The lowest BCUT2D eigenvalue weighted by Crippen LogP contribution is -1.96. The van der Waals surface area contributed by atoms with E-state index in [4.69, 9.17) is 17.3 Å². The van der Waals surface area contributed by atoms with Crippen molar-refractivity contribution in [1.82, 2.24) is 20.2 Å². The van der Waals surface area contributed by atoms with E-state index in [2.05, 4.69) is 32.0 Å². The molecule has 0 atom stereocenters. The van der Waals surface area contributed by atoms with Crippen molar-refractivity contribution in [2.24, 2.45) is 0 Å². The summed E-state index contributed by atoms with van der Waals surface area (Å²) in [5.41, 5.74) is 6.54. The fourth-order valence-corrected chi connectivity index (χ4v) is 1.17. The molecule has 0 bridgehead atoms. The van der Waals surface area contributed by atoms with Crippen LogP contribution in [0.5, 0.6) is 0 Å². The highest BCUT2D eigenvalue weighted by Gasteiger charge is 2.03. The number of nitrogens with two attached hydrogens (primary N) is 1. The van der Waals surface area contributed by atoms with Gasteiger partial charge in [-0.2, -0.15) is 5.10 Å². The zero-order valence-corrected chi connectivity index (χ0v) is 8.81. The maximum atomic E-state index is 5.83. The van der Waals surface area contributed by atoms with Crippen LogP contribution in [0.25, 0.3) is 0 Å². The topological polar surface area (TPSA) is 77.6 Å². The van der Waals surface area contributed by atoms with Gasteiger partial charge in [0.25, 0.3) is 0 Å². The molecular weight excluding hydrogens is 226 g/mol. The van der Waals surface area contributed by atoms with Crippen LogP contribution in [0.15, 0.2) is 24.7 Å². The highest BCUT2D eigenvalue weighted by atomic mass is 35.5. The van der Waals surface area contributed by atoms with Crippen LogP contribution in [-0.4, -0.2) is 20.2 Å². The highest BCUT2D eigenvalue weighted by Crippen LogP contribution is 2.15. The molecule has 0 unspecified atom stereocenters. The van der Waals surface area contributed by atoms with Crippen molar-refractivity contribution < 1.29 is 0 Å². The van der Waals surface area contributed by atoms with Crippen LogP contribution in [0, 0.1) is 11.8 Å². The van der Waals surface area contributed by atoms with Gasteiger partial charge < -0.3 is 5.73 Å². The van der Waals surface area contributed by atoms with E-state index < -0.39 is 0 Å². The van der Waals surface area contributed by atoms with E-state index in [1.54, 1.807) is 18.3 Å². The zero-order chi connectivity index (χ0) is 11.4. The van der Waals surface area contributed by atoms with Crippen LogP contribution in [0.1, 0.15) is 11.3 Å². The van der Waals surface area contributed by atoms with Gasteiger partial charge in [-0.05, 0) is 18.1 Å². The van der Waals surface area contributed by atoms with E-state index in [0.717, 1.165) is 0 Å². The lowest BCUT2D eigenvalue weighted by atomic mass is 10.3. The Morgan fingerprint density at radius 2 is 2.12 bits per heavy atom. The summed E-state index contributed by atoms with van der Waals surface area (Å²) in [5, 5.41) is 7.72. The van der Waals surface area contributed by atoms with E-state index in [9.17, 15) is 0 Å². The van der Waals surface area contributed by atoms with Crippen molar-refractivity contribution >= 4 is 17.4 Å². The largest absolute Gasteiger partial charge is 0.383 e. The molecule has 78 valence electrons. The van der Waals surface area contributed by atoms with Crippen LogP contribution in [0.3, 0.4) is 0 Å². The lowest BCUT2D eigenvalue weighted by molar-refractivity contribution is 1.01. The second-order valence-electron chi connectivity index (χ2n) is 2.78. The molecule has 0 saturated carbocycles. The van der Waals surface area contributed by atoms with Gasteiger partial charge in [0.2, 0.25) is 0 Å². The Kier molecular flexibility index (Phi) is 2.94. The Morgan fingerprint density at radius 1 is 1.25 bits per heavy atom. The molecular formula is C10H6ClN5. The summed E-state index contributed by atoms with van der Waals surface area (Å²) in [6, 6.07) is 3.47. The van der Waals surface area contributed by atoms with Crippen LogP contribution in [0.2, 0.25) is 5.15 Å². The first-order chi connectivity index (χ1) is 7.77. The predicted octanol–water partition coefficient (Wildman–Crippen LogP) is 0.902. The maximum Gasteiger partial charge on any atom is 0.150 e. The summed E-state index contributed by atoms with van der Waals surface area (Å²) in [7, 11) is 0. The van der Waals surface area contributed by atoms with Gasteiger partial charge in [0, 0.05) is 6.20 Å². The standard InChI is InChI=1S/C10H6ClN5/c11-9-8(10(12)14-6-13-9)4-3-7-2-1-5-15-16-7/h1-2,5-6H,(H2,12,13,14). The molecule has 2 aromatic rings. The number of halogens is 1. The van der Waals surface area contributed by atoms with Crippen LogP contribution < -0.4 is 5.73 Å². The van der Waals surface area contributed by atoms with E-state index >= 15 is 0 Å². The van der Waals surface area contributed by atoms with Crippen LogP contribution in [0.4, 0.5) is 5.82 Å². The fourth-order valence-electron chi connectivity index (χ4n) is 0.987. The van der Waals surface area contributed by atoms with Crippen molar-refractivity contribution in [3.63, 3.8) is 0 Å². The highest BCUT2D eigenvalue weighted by molar-refractivity contribution is 6.30. The van der Waals surface area contributed by atoms with Crippen molar-refractivity contribution in [2.75, 3.05) is 5.73 Å². The van der Waals surface area contributed by atoms with Gasteiger partial charge in [0.05, 0.1) is 0 Å². The Bertz CT molecular complexity index is 538. The van der Waals surface area contributed by atoms with E-state index in [1.165, 1.54) is 6.33 Å². The number of nitrogens with zero attached hydrogens (tertiary/aromatic N) is 4. The third kappa shape index (κ3) is 2.24. The number of hydrogen-bond donors (Lipinski definition) is 1. The predicted molar refractivity (Wildman–Crippen MR) is 59.5 cm³/mol. The van der Waals surface area contributed by atoms with Crippen LogP contribution >= 0.6 is 11.6 Å². The molecule has 0 aliphatic heterocycles. The Balaban J connectivity index is 2.39. The van der Waals surface area contributed by atoms with Gasteiger partial charge in [-0.15, -0.1) is 5.10 Å². The summed E-state index contributed by atoms with van der Waals surface area (Å²) in [6.45, 7) is 0. The minimum absolute atomic E-state index is 0.226. The third-order valence-electron chi connectivity index (χ3n) is 1.72. The number of rotatable bonds is 0. The minimum Gasteiger partial charge on any atom is -0.383 e. The first kappa shape index (κ1) is 10.3. The van der Waals surface area contributed by atoms with Gasteiger partial charge in [0.15, 0.2) is 0 Å². The molecule has 0 aliphatic rings. The second-order valence-corrected chi connectivity index (χ2v) is 3.14. The molecule has 2 rings (SSSR count). The van der Waals surface area contributed by atoms with Crippen molar-refractivity contribution in [2.45, 2.75) is 0 Å². The van der Waals surface area contributed by atoms with E-state index in [0.29, 0.717) is 11.3 Å². The summed E-state index contributed by atoms with van der Waals surface area (Å²) in [4.78, 5) is 7.58. The van der Waals surface area contributed by atoms with Gasteiger partial charge in [-0.3, -0.25) is 0 Å². The van der Waals surface area contributed by atoms with Gasteiger partial charge in [0.1, 0.15) is 28.6 Å². The van der Waals surface area contributed by atoms with Crippen molar-refractivity contribution in [3.05, 3.63) is 41.1 Å². The summed E-state index contributed by atoms with van der Waals surface area (Å²) < 4.78 is 0. The molecule has 0 amide bonds. The summed E-state index contributed by atoms with van der Waals surface area (Å²) in [5.74, 6) is 5.78. The van der Waals surface area contributed by atoms with Crippen LogP contribution in [-0.2, 0) is 0 Å². The first-order valence-electron chi connectivity index (χ1n) is 4.33. The molecule has 16 heavy (non-hydrogen) atoms. The molecule has 0 spiro atoms. The molecule has 5 nitrogen and oxygen atoms in total. The Hall–Kier alpha value is -2.19. The monoisotopic (exact) mass is 231 g/mol. The minimum atomic E-state index is 0.226. The third-order valence-corrected chi connectivity index (χ3v) is 2.00. The first-order valence-corrected chi connectivity index (χ1v) is 4.71. The number of anilines is 1. The quantitative estimate of drug-likeness (QED) is 0.539.